The number of rotatable bonds is 16. The Labute approximate surface area is 210 Å². The molecule has 0 saturated heterocycles. The molecule has 192 valence electrons. The molecule has 0 spiro atoms. The average Bonchev–Trinajstić information content (AvgIpc) is 3.35. The molecule has 2 aromatic rings. The number of hydrogen-bond acceptors (Lipinski definition) is 8. The lowest BCUT2D eigenvalue weighted by molar-refractivity contribution is -0.698. The maximum atomic E-state index is 13.5. The highest BCUT2D eigenvalue weighted by molar-refractivity contribution is 7.09. The number of nitrogens with one attached hydrogen (secondary N) is 1. The van der Waals surface area contributed by atoms with Crippen LogP contribution in [-0.4, -0.2) is 60.0 Å². The number of carbonyl (C=O) groups is 3. The van der Waals surface area contributed by atoms with Gasteiger partial charge in [-0.2, -0.15) is 4.57 Å². The number of ketones is 2. The van der Waals surface area contributed by atoms with Gasteiger partial charge in [-0.1, -0.05) is 55.0 Å². The number of carbonyl (C=O) groups excluding carboxylic acids is 3. The SMILES string of the molecule is CC(CO)CC(CO)c1scc[n+]1C(C(=O)CNC(=O)[C@@H](N)CCCCN)C(=O)c1ccccc1. The zero-order chi connectivity index (χ0) is 25.8. The number of amides is 1. The Morgan fingerprint density at radius 1 is 1.11 bits per heavy atom. The van der Waals surface area contributed by atoms with E-state index in [1.54, 1.807) is 46.5 Å². The normalized spacial score (nSPS) is 14.7. The van der Waals surface area contributed by atoms with Crippen LogP contribution in [0.5, 0.6) is 0 Å². The molecule has 2 rings (SSSR count). The molecule has 0 fully saturated rings. The lowest BCUT2D eigenvalue weighted by Gasteiger charge is -2.18. The van der Waals surface area contributed by atoms with Gasteiger partial charge < -0.3 is 27.0 Å². The number of unbranched alkanes of at least 4 members (excludes halogenated alkanes) is 1. The van der Waals surface area contributed by atoms with Crippen LogP contribution in [0.25, 0.3) is 0 Å². The minimum Gasteiger partial charge on any atom is -0.396 e. The van der Waals surface area contributed by atoms with E-state index < -0.39 is 29.6 Å². The third kappa shape index (κ3) is 8.29. The lowest BCUT2D eigenvalue weighted by atomic mass is 9.95. The van der Waals surface area contributed by atoms with Crippen molar-refractivity contribution in [3.05, 3.63) is 52.5 Å². The van der Waals surface area contributed by atoms with Gasteiger partial charge in [0, 0.05) is 12.2 Å². The largest absolute Gasteiger partial charge is 0.396 e. The van der Waals surface area contributed by atoms with Crippen LogP contribution in [0.3, 0.4) is 0 Å². The number of hydrogen-bond donors (Lipinski definition) is 5. The van der Waals surface area contributed by atoms with Gasteiger partial charge in [-0.25, -0.2) is 0 Å². The Hall–Kier alpha value is -2.50. The Morgan fingerprint density at radius 2 is 1.83 bits per heavy atom. The van der Waals surface area contributed by atoms with E-state index in [2.05, 4.69) is 5.32 Å². The van der Waals surface area contributed by atoms with Crippen molar-refractivity contribution >= 4 is 28.8 Å². The summed E-state index contributed by atoms with van der Waals surface area (Å²) in [5.41, 5.74) is 11.8. The standard InChI is InChI=1S/C25H36N4O5S/c1-17(15-30)13-19(16-31)25-29(11-12-35-25)22(23(33)18-7-3-2-4-8-18)21(32)14-28-24(34)20(27)9-5-6-10-26/h2-4,7-8,11-12,17,19-20,22,30-31H,5-6,9-10,13-16,26-27H2,1H3/p+1/t17?,19?,20-,22?/m0/s1. The Balaban J connectivity index is 2.29. The summed E-state index contributed by atoms with van der Waals surface area (Å²) in [6.45, 7) is 1.79. The number of nitrogens with two attached hydrogens (primary N) is 2. The number of aromatic nitrogens is 1. The molecule has 0 saturated carbocycles. The highest BCUT2D eigenvalue weighted by atomic mass is 32.1. The molecule has 10 heteroatoms. The minimum atomic E-state index is -1.22. The molecule has 0 radical (unpaired) electrons. The topological polar surface area (TPSA) is 160 Å². The summed E-state index contributed by atoms with van der Waals surface area (Å²) in [6, 6.07) is 6.51. The predicted octanol–water partition coefficient (Wildman–Crippen LogP) is 0.696. The molecular weight excluding hydrogens is 468 g/mol. The summed E-state index contributed by atoms with van der Waals surface area (Å²) in [5.74, 6) is -1.78. The quantitative estimate of drug-likeness (QED) is 0.0971. The first-order valence-corrected chi connectivity index (χ1v) is 12.8. The first-order chi connectivity index (χ1) is 16.8. The van der Waals surface area contributed by atoms with Gasteiger partial charge in [-0.05, 0) is 31.7 Å². The van der Waals surface area contributed by atoms with Crippen LogP contribution in [-0.2, 0) is 9.59 Å². The fraction of sp³-hybridized carbons (Fsp3) is 0.520. The summed E-state index contributed by atoms with van der Waals surface area (Å²) in [5, 5.41) is 24.5. The first-order valence-electron chi connectivity index (χ1n) is 11.9. The molecular formula is C25H37N4O5S+. The van der Waals surface area contributed by atoms with Crippen molar-refractivity contribution in [1.82, 2.24) is 5.32 Å². The monoisotopic (exact) mass is 505 g/mol. The van der Waals surface area contributed by atoms with Crippen LogP contribution in [0.4, 0.5) is 0 Å². The molecule has 1 aromatic carbocycles. The van der Waals surface area contributed by atoms with Crippen LogP contribution in [0.2, 0.25) is 0 Å². The van der Waals surface area contributed by atoms with Crippen LogP contribution < -0.4 is 21.4 Å². The van der Waals surface area contributed by atoms with Crippen molar-refractivity contribution in [3.8, 4) is 0 Å². The molecule has 4 atom stereocenters. The van der Waals surface area contributed by atoms with Gasteiger partial charge in [0.1, 0.15) is 0 Å². The molecule has 3 unspecified atom stereocenters. The third-order valence-electron chi connectivity index (χ3n) is 5.87. The fourth-order valence-corrected chi connectivity index (χ4v) is 4.85. The molecule has 9 nitrogen and oxygen atoms in total. The second-order valence-corrected chi connectivity index (χ2v) is 9.69. The zero-order valence-electron chi connectivity index (χ0n) is 20.1. The molecule has 35 heavy (non-hydrogen) atoms. The van der Waals surface area contributed by atoms with Gasteiger partial charge in [0.15, 0.2) is 6.20 Å². The predicted molar refractivity (Wildman–Crippen MR) is 134 cm³/mol. The van der Waals surface area contributed by atoms with Crippen LogP contribution in [0.1, 0.15) is 59.9 Å². The highest BCUT2D eigenvalue weighted by Gasteiger charge is 2.40. The van der Waals surface area contributed by atoms with E-state index in [1.807, 2.05) is 6.92 Å². The number of aliphatic hydroxyl groups is 2. The van der Waals surface area contributed by atoms with E-state index in [1.165, 1.54) is 11.3 Å². The van der Waals surface area contributed by atoms with E-state index in [-0.39, 0.29) is 31.6 Å². The van der Waals surface area contributed by atoms with Gasteiger partial charge in [0.2, 0.25) is 22.5 Å². The number of aliphatic hydroxyl groups excluding tert-OH is 2. The molecule has 0 aliphatic rings. The Bertz CT molecular complexity index is 952. The third-order valence-corrected chi connectivity index (χ3v) is 6.91. The van der Waals surface area contributed by atoms with Crippen molar-refractivity contribution < 1.29 is 29.2 Å². The van der Waals surface area contributed by atoms with Crippen LogP contribution >= 0.6 is 11.3 Å². The summed E-state index contributed by atoms with van der Waals surface area (Å²) in [7, 11) is 0. The molecule has 0 aliphatic carbocycles. The molecule has 0 bridgehead atoms. The van der Waals surface area contributed by atoms with Crippen LogP contribution in [0.15, 0.2) is 41.9 Å². The number of benzene rings is 1. The van der Waals surface area contributed by atoms with Gasteiger partial charge >= 0.3 is 0 Å². The van der Waals surface area contributed by atoms with Crippen molar-refractivity contribution in [2.24, 2.45) is 17.4 Å². The average molecular weight is 506 g/mol. The zero-order valence-corrected chi connectivity index (χ0v) is 21.0. The van der Waals surface area contributed by atoms with Crippen molar-refractivity contribution in [2.45, 2.75) is 50.6 Å². The molecule has 1 amide bonds. The molecule has 1 heterocycles. The summed E-state index contributed by atoms with van der Waals surface area (Å²) < 4.78 is 1.58. The van der Waals surface area contributed by atoms with Crippen molar-refractivity contribution in [1.29, 1.82) is 0 Å². The van der Waals surface area contributed by atoms with Gasteiger partial charge in [0.25, 0.3) is 6.04 Å². The second-order valence-electron chi connectivity index (χ2n) is 8.76. The molecule has 7 N–H and O–H groups in total. The van der Waals surface area contributed by atoms with E-state index in [0.717, 1.165) is 6.42 Å². The van der Waals surface area contributed by atoms with Gasteiger partial charge in [0.05, 0.1) is 30.5 Å². The Kier molecular flexibility index (Phi) is 12.1. The number of thiazole rings is 1. The summed E-state index contributed by atoms with van der Waals surface area (Å²) in [6.07, 6.45) is 4.05. The van der Waals surface area contributed by atoms with E-state index in [0.29, 0.717) is 36.4 Å². The summed E-state index contributed by atoms with van der Waals surface area (Å²) in [4.78, 5) is 39.3. The number of Topliss-reactive ketones (excluding diaryl/α,β-unsaturated/α-hetero) is 2. The maximum Gasteiger partial charge on any atom is 0.281 e. The first kappa shape index (κ1) is 28.7. The maximum absolute atomic E-state index is 13.5. The second kappa shape index (κ2) is 14.8. The molecule has 1 aromatic heterocycles. The van der Waals surface area contributed by atoms with Crippen molar-refractivity contribution in [3.63, 3.8) is 0 Å². The molecule has 0 aliphatic heterocycles. The van der Waals surface area contributed by atoms with E-state index in [4.69, 9.17) is 11.5 Å². The van der Waals surface area contributed by atoms with Crippen molar-refractivity contribution in [2.75, 3.05) is 26.3 Å². The minimum absolute atomic E-state index is 0.0370. The highest BCUT2D eigenvalue weighted by Crippen LogP contribution is 2.26. The number of nitrogens with zero attached hydrogens (tertiary/aromatic N) is 1. The lowest BCUT2D eigenvalue weighted by Crippen LogP contribution is -2.53. The Morgan fingerprint density at radius 3 is 2.46 bits per heavy atom. The van der Waals surface area contributed by atoms with Crippen LogP contribution in [0, 0.1) is 5.92 Å². The fourth-order valence-electron chi connectivity index (χ4n) is 3.86. The van der Waals surface area contributed by atoms with E-state index >= 15 is 0 Å². The van der Waals surface area contributed by atoms with Gasteiger partial charge in [-0.3, -0.25) is 14.4 Å². The smallest absolute Gasteiger partial charge is 0.281 e. The van der Waals surface area contributed by atoms with Gasteiger partial charge in [-0.15, -0.1) is 0 Å². The summed E-state index contributed by atoms with van der Waals surface area (Å²) >= 11 is 1.33. The van der Waals surface area contributed by atoms with E-state index in [9.17, 15) is 24.6 Å².